The van der Waals surface area contributed by atoms with Gasteiger partial charge in [0.15, 0.2) is 0 Å². The molecule has 1 unspecified atom stereocenters. The van der Waals surface area contributed by atoms with Crippen molar-refractivity contribution < 1.29 is 14.4 Å². The molecule has 7 nitrogen and oxygen atoms in total. The molecule has 0 saturated carbocycles. The van der Waals surface area contributed by atoms with Crippen LogP contribution >= 0.6 is 0 Å². The number of carbonyl (C=O) groups is 3. The second kappa shape index (κ2) is 5.70. The van der Waals surface area contributed by atoms with Crippen molar-refractivity contribution in [2.24, 2.45) is 11.5 Å². The molecule has 0 aliphatic carbocycles. The molecule has 1 aliphatic heterocycles. The maximum absolute atomic E-state index is 12.4. The van der Waals surface area contributed by atoms with Crippen molar-refractivity contribution >= 4 is 17.7 Å². The number of benzene rings is 1. The van der Waals surface area contributed by atoms with E-state index in [1.807, 2.05) is 0 Å². The monoisotopic (exact) mass is 276 g/mol. The number of hydrogen-bond acceptors (Lipinski definition) is 4. The minimum absolute atomic E-state index is 0.251. The number of nitrogens with two attached hydrogens (primary N) is 2. The van der Waals surface area contributed by atoms with Crippen molar-refractivity contribution in [3.05, 3.63) is 35.4 Å². The summed E-state index contributed by atoms with van der Waals surface area (Å²) < 4.78 is 0. The number of amides is 3. The van der Waals surface area contributed by atoms with E-state index in [-0.39, 0.29) is 11.5 Å². The Labute approximate surface area is 115 Å². The first-order valence-corrected chi connectivity index (χ1v) is 6.21. The fraction of sp³-hybridized carbons (Fsp3) is 0.308. The Kier molecular flexibility index (Phi) is 3.99. The van der Waals surface area contributed by atoms with Gasteiger partial charge in [-0.1, -0.05) is 6.07 Å². The van der Waals surface area contributed by atoms with E-state index < -0.39 is 17.9 Å². The number of piperazine rings is 1. The summed E-state index contributed by atoms with van der Waals surface area (Å²) in [5, 5.41) is 3.01. The molecule has 0 aromatic heterocycles. The second-order valence-corrected chi connectivity index (χ2v) is 4.57. The number of hydrogen-bond donors (Lipinski definition) is 3. The third kappa shape index (κ3) is 2.77. The highest BCUT2D eigenvalue weighted by molar-refractivity contribution is 6.00. The van der Waals surface area contributed by atoms with Crippen molar-refractivity contribution in [3.63, 3.8) is 0 Å². The van der Waals surface area contributed by atoms with Crippen molar-refractivity contribution in [2.45, 2.75) is 6.04 Å². The lowest BCUT2D eigenvalue weighted by Crippen LogP contribution is -2.58. The van der Waals surface area contributed by atoms with Gasteiger partial charge in [0.2, 0.25) is 11.8 Å². The Morgan fingerprint density at radius 1 is 1.20 bits per heavy atom. The zero-order valence-corrected chi connectivity index (χ0v) is 10.8. The molecule has 2 rings (SSSR count). The van der Waals surface area contributed by atoms with Crippen LogP contribution in [-0.2, 0) is 4.79 Å². The lowest BCUT2D eigenvalue weighted by atomic mass is 10.1. The van der Waals surface area contributed by atoms with Crippen LogP contribution in [0.15, 0.2) is 24.3 Å². The minimum atomic E-state index is -0.687. The number of primary amides is 2. The summed E-state index contributed by atoms with van der Waals surface area (Å²) in [7, 11) is 0. The fourth-order valence-electron chi connectivity index (χ4n) is 2.17. The third-order valence-electron chi connectivity index (χ3n) is 3.23. The maximum atomic E-state index is 12.4. The normalized spacial score (nSPS) is 18.6. The summed E-state index contributed by atoms with van der Waals surface area (Å²) in [5.74, 6) is -1.50. The zero-order chi connectivity index (χ0) is 14.7. The van der Waals surface area contributed by atoms with E-state index in [4.69, 9.17) is 11.5 Å². The first-order chi connectivity index (χ1) is 9.50. The molecule has 20 heavy (non-hydrogen) atoms. The maximum Gasteiger partial charge on any atom is 0.254 e. The van der Waals surface area contributed by atoms with Crippen LogP contribution in [0.1, 0.15) is 20.7 Å². The zero-order valence-electron chi connectivity index (χ0n) is 10.8. The van der Waals surface area contributed by atoms with Crippen LogP contribution in [0.25, 0.3) is 0 Å². The third-order valence-corrected chi connectivity index (χ3v) is 3.23. The molecule has 1 heterocycles. The van der Waals surface area contributed by atoms with Crippen LogP contribution in [0.5, 0.6) is 0 Å². The molecule has 7 heteroatoms. The standard InChI is InChI=1S/C13H16N4O3/c14-11(18)8-2-1-3-9(6-8)13(20)17-5-4-16-7-10(17)12(15)19/h1-3,6,10,16H,4-5,7H2,(H2,14,18)(H2,15,19). The Morgan fingerprint density at radius 3 is 2.55 bits per heavy atom. The number of carbonyl (C=O) groups excluding carboxylic acids is 3. The van der Waals surface area contributed by atoms with Gasteiger partial charge in [-0.25, -0.2) is 0 Å². The molecule has 1 atom stereocenters. The van der Waals surface area contributed by atoms with Crippen molar-refractivity contribution in [2.75, 3.05) is 19.6 Å². The van der Waals surface area contributed by atoms with Crippen LogP contribution in [0.2, 0.25) is 0 Å². The van der Waals surface area contributed by atoms with Gasteiger partial charge in [0.1, 0.15) is 6.04 Å². The van der Waals surface area contributed by atoms with E-state index in [0.717, 1.165) is 0 Å². The van der Waals surface area contributed by atoms with Gasteiger partial charge >= 0.3 is 0 Å². The Bertz CT molecular complexity index is 558. The predicted molar refractivity (Wildman–Crippen MR) is 71.8 cm³/mol. The highest BCUT2D eigenvalue weighted by Gasteiger charge is 2.31. The molecular weight excluding hydrogens is 260 g/mol. The molecule has 3 amide bonds. The van der Waals surface area contributed by atoms with Crippen LogP contribution in [0.4, 0.5) is 0 Å². The van der Waals surface area contributed by atoms with Gasteiger partial charge in [-0.05, 0) is 18.2 Å². The Morgan fingerprint density at radius 2 is 1.90 bits per heavy atom. The quantitative estimate of drug-likeness (QED) is 0.634. The minimum Gasteiger partial charge on any atom is -0.368 e. The summed E-state index contributed by atoms with van der Waals surface area (Å²) in [6, 6.07) is 5.42. The molecule has 1 aromatic carbocycles. The smallest absolute Gasteiger partial charge is 0.254 e. The van der Waals surface area contributed by atoms with Crippen molar-refractivity contribution in [3.8, 4) is 0 Å². The predicted octanol–water partition coefficient (Wildman–Crippen LogP) is -1.32. The summed E-state index contributed by atoms with van der Waals surface area (Å²) >= 11 is 0. The van der Waals surface area contributed by atoms with Gasteiger partial charge in [0, 0.05) is 30.8 Å². The van der Waals surface area contributed by atoms with Crippen molar-refractivity contribution in [1.82, 2.24) is 10.2 Å². The molecule has 1 fully saturated rings. The number of nitrogens with one attached hydrogen (secondary N) is 1. The fourth-order valence-corrected chi connectivity index (χ4v) is 2.17. The topological polar surface area (TPSA) is 119 Å². The summed E-state index contributed by atoms with van der Waals surface area (Å²) in [6.45, 7) is 1.30. The van der Waals surface area contributed by atoms with E-state index in [1.54, 1.807) is 12.1 Å². The lowest BCUT2D eigenvalue weighted by Gasteiger charge is -2.34. The molecule has 1 aromatic rings. The van der Waals surface area contributed by atoms with E-state index in [9.17, 15) is 14.4 Å². The molecule has 0 bridgehead atoms. The highest BCUT2D eigenvalue weighted by Crippen LogP contribution is 2.12. The van der Waals surface area contributed by atoms with Gasteiger partial charge in [-0.3, -0.25) is 14.4 Å². The van der Waals surface area contributed by atoms with Gasteiger partial charge in [-0.15, -0.1) is 0 Å². The number of rotatable bonds is 3. The SMILES string of the molecule is NC(=O)c1cccc(C(=O)N2CCNCC2C(N)=O)c1. The molecule has 1 saturated heterocycles. The average Bonchev–Trinajstić information content (AvgIpc) is 2.46. The molecular formula is C13H16N4O3. The average molecular weight is 276 g/mol. The van der Waals surface area contributed by atoms with Gasteiger partial charge in [-0.2, -0.15) is 0 Å². The van der Waals surface area contributed by atoms with E-state index in [2.05, 4.69) is 5.32 Å². The largest absolute Gasteiger partial charge is 0.368 e. The highest BCUT2D eigenvalue weighted by atomic mass is 16.2. The number of nitrogens with zero attached hydrogens (tertiary/aromatic N) is 1. The van der Waals surface area contributed by atoms with Gasteiger partial charge in [0.05, 0.1) is 0 Å². The van der Waals surface area contributed by atoms with E-state index in [0.29, 0.717) is 25.2 Å². The lowest BCUT2D eigenvalue weighted by molar-refractivity contribution is -0.122. The van der Waals surface area contributed by atoms with Crippen LogP contribution in [-0.4, -0.2) is 48.3 Å². The second-order valence-electron chi connectivity index (χ2n) is 4.57. The first kappa shape index (κ1) is 14.0. The first-order valence-electron chi connectivity index (χ1n) is 6.21. The van der Waals surface area contributed by atoms with Crippen LogP contribution in [0.3, 0.4) is 0 Å². The summed E-state index contributed by atoms with van der Waals surface area (Å²) in [4.78, 5) is 36.4. The summed E-state index contributed by atoms with van der Waals surface area (Å²) in [5.41, 5.74) is 11.1. The molecule has 5 N–H and O–H groups in total. The van der Waals surface area contributed by atoms with Crippen LogP contribution < -0.4 is 16.8 Å². The molecule has 1 aliphatic rings. The Hall–Kier alpha value is -2.41. The van der Waals surface area contributed by atoms with Gasteiger partial charge < -0.3 is 21.7 Å². The van der Waals surface area contributed by atoms with Crippen LogP contribution in [0, 0.1) is 0 Å². The molecule has 106 valence electrons. The molecule has 0 radical (unpaired) electrons. The van der Waals surface area contributed by atoms with Crippen molar-refractivity contribution in [1.29, 1.82) is 0 Å². The van der Waals surface area contributed by atoms with Gasteiger partial charge in [0.25, 0.3) is 5.91 Å². The summed E-state index contributed by atoms with van der Waals surface area (Å²) in [6.07, 6.45) is 0. The Balaban J connectivity index is 2.27. The van der Waals surface area contributed by atoms with E-state index in [1.165, 1.54) is 17.0 Å². The van der Waals surface area contributed by atoms with E-state index >= 15 is 0 Å². The molecule has 0 spiro atoms.